The summed E-state index contributed by atoms with van der Waals surface area (Å²) in [5, 5.41) is 6.39. The highest BCUT2D eigenvalue weighted by atomic mass is 16.2. The van der Waals surface area contributed by atoms with Crippen LogP contribution in [-0.2, 0) is 16.1 Å². The van der Waals surface area contributed by atoms with Crippen LogP contribution in [0, 0.1) is 12.8 Å². The summed E-state index contributed by atoms with van der Waals surface area (Å²) in [5.74, 6) is 0.166. The second kappa shape index (κ2) is 6.32. The highest BCUT2D eigenvalue weighted by Crippen LogP contribution is 2.25. The molecule has 0 unspecified atom stereocenters. The van der Waals surface area contributed by atoms with Crippen LogP contribution in [0.15, 0.2) is 24.3 Å². The number of rotatable bonds is 4. The zero-order valence-corrected chi connectivity index (χ0v) is 14.0. The van der Waals surface area contributed by atoms with Crippen molar-refractivity contribution in [3.8, 4) is 0 Å². The minimum absolute atomic E-state index is 0.0107. The largest absolute Gasteiger partial charge is 0.342 e. The number of hydrogen-bond donors (Lipinski definition) is 2. The average Bonchev–Trinajstić information content (AvgIpc) is 2.95. The molecule has 1 aromatic carbocycles. The molecule has 0 spiro atoms. The van der Waals surface area contributed by atoms with Crippen LogP contribution in [0.4, 0.5) is 0 Å². The molecule has 2 aliphatic heterocycles. The Labute approximate surface area is 137 Å². The fourth-order valence-corrected chi connectivity index (χ4v) is 3.48. The van der Waals surface area contributed by atoms with Crippen LogP contribution in [0.2, 0.25) is 0 Å². The fourth-order valence-electron chi connectivity index (χ4n) is 3.48. The van der Waals surface area contributed by atoms with Crippen LogP contribution in [0.1, 0.15) is 31.4 Å². The van der Waals surface area contributed by atoms with E-state index in [1.54, 1.807) is 4.90 Å². The van der Waals surface area contributed by atoms with Crippen molar-refractivity contribution in [2.24, 2.45) is 5.92 Å². The first-order chi connectivity index (χ1) is 11.0. The van der Waals surface area contributed by atoms with E-state index in [2.05, 4.69) is 29.7 Å². The topological polar surface area (TPSA) is 61.4 Å². The summed E-state index contributed by atoms with van der Waals surface area (Å²) in [5.41, 5.74) is 2.51. The number of amides is 2. The summed E-state index contributed by atoms with van der Waals surface area (Å²) in [6.07, 6.45) is 0.689. The van der Waals surface area contributed by atoms with Gasteiger partial charge in [-0.3, -0.25) is 9.59 Å². The summed E-state index contributed by atoms with van der Waals surface area (Å²) in [4.78, 5) is 26.6. The minimum Gasteiger partial charge on any atom is -0.342 e. The third-order valence-corrected chi connectivity index (χ3v) is 4.96. The summed E-state index contributed by atoms with van der Waals surface area (Å²) in [7, 11) is 0. The van der Waals surface area contributed by atoms with Crippen molar-refractivity contribution >= 4 is 11.8 Å². The average molecular weight is 315 g/mol. The highest BCUT2D eigenvalue weighted by molar-refractivity contribution is 5.97. The maximum atomic E-state index is 12.6. The molecular weight excluding hydrogens is 290 g/mol. The van der Waals surface area contributed by atoms with Gasteiger partial charge in [0, 0.05) is 19.1 Å². The third kappa shape index (κ3) is 3.11. The number of carbonyl (C=O) groups is 2. The summed E-state index contributed by atoms with van der Waals surface area (Å²) >= 11 is 0. The highest BCUT2D eigenvalue weighted by Gasteiger charge is 2.46. The molecule has 0 aromatic heterocycles. The van der Waals surface area contributed by atoms with Gasteiger partial charge in [0.2, 0.25) is 11.8 Å². The second-order valence-corrected chi connectivity index (χ2v) is 6.98. The van der Waals surface area contributed by atoms with Crippen molar-refractivity contribution in [1.82, 2.24) is 15.5 Å². The van der Waals surface area contributed by atoms with Gasteiger partial charge in [0.05, 0.1) is 0 Å². The van der Waals surface area contributed by atoms with Crippen LogP contribution in [0.25, 0.3) is 0 Å². The van der Waals surface area contributed by atoms with Crippen molar-refractivity contribution in [2.75, 3.05) is 6.54 Å². The summed E-state index contributed by atoms with van der Waals surface area (Å²) in [6.45, 7) is 7.41. The number of nitrogens with one attached hydrogen (secondary N) is 2. The Kier molecular flexibility index (Phi) is 4.39. The van der Waals surface area contributed by atoms with Gasteiger partial charge in [0.1, 0.15) is 12.1 Å². The summed E-state index contributed by atoms with van der Waals surface area (Å²) < 4.78 is 0. The Morgan fingerprint density at radius 2 is 2.04 bits per heavy atom. The van der Waals surface area contributed by atoms with Crippen LogP contribution in [0.3, 0.4) is 0 Å². The number of nitrogens with zero attached hydrogens (tertiary/aromatic N) is 1. The smallest absolute Gasteiger partial charge is 0.246 e. The number of piperazine rings is 1. The molecular formula is C18H25N3O2. The molecule has 5 heteroatoms. The fraction of sp³-hybridized carbons (Fsp3) is 0.556. The molecule has 2 heterocycles. The minimum atomic E-state index is -0.381. The maximum Gasteiger partial charge on any atom is 0.246 e. The normalized spacial score (nSPS) is 27.3. The van der Waals surface area contributed by atoms with Gasteiger partial charge in [-0.25, -0.2) is 0 Å². The molecule has 23 heavy (non-hydrogen) atoms. The monoisotopic (exact) mass is 315 g/mol. The molecule has 2 saturated heterocycles. The molecule has 0 bridgehead atoms. The standard InChI is InChI=1S/C18H25N3O2/c1-11(2)16-18(23)21-10-14(8-15(21)17(22)20-16)19-9-13-7-5-4-6-12(13)3/h4-7,11,14-16,19H,8-10H2,1-3H3,(H,20,22)/t14-,15-,16+/m0/s1. The van der Waals surface area contributed by atoms with Gasteiger partial charge in [0.15, 0.2) is 0 Å². The van der Waals surface area contributed by atoms with Crippen LogP contribution >= 0.6 is 0 Å². The van der Waals surface area contributed by atoms with Gasteiger partial charge < -0.3 is 15.5 Å². The predicted molar refractivity (Wildman–Crippen MR) is 88.7 cm³/mol. The van der Waals surface area contributed by atoms with Crippen molar-refractivity contribution in [2.45, 2.75) is 51.9 Å². The van der Waals surface area contributed by atoms with Crippen molar-refractivity contribution < 1.29 is 9.59 Å². The van der Waals surface area contributed by atoms with Gasteiger partial charge in [-0.1, -0.05) is 38.1 Å². The molecule has 1 aromatic rings. The van der Waals surface area contributed by atoms with Gasteiger partial charge in [0.25, 0.3) is 0 Å². The SMILES string of the molecule is Cc1ccccc1CN[C@H]1C[C@H]2C(=O)N[C@H](C(C)C)C(=O)N2C1. The zero-order chi connectivity index (χ0) is 16.6. The van der Waals surface area contributed by atoms with E-state index in [9.17, 15) is 9.59 Å². The molecule has 124 valence electrons. The molecule has 3 atom stereocenters. The van der Waals surface area contributed by atoms with Crippen molar-refractivity contribution in [3.05, 3.63) is 35.4 Å². The van der Waals surface area contributed by atoms with Gasteiger partial charge in [-0.05, 0) is 30.4 Å². The zero-order valence-electron chi connectivity index (χ0n) is 14.0. The van der Waals surface area contributed by atoms with Crippen LogP contribution in [0.5, 0.6) is 0 Å². The van der Waals surface area contributed by atoms with Gasteiger partial charge in [-0.2, -0.15) is 0 Å². The number of fused-ring (bicyclic) bond motifs is 1. The molecule has 2 aliphatic rings. The molecule has 2 N–H and O–H groups in total. The van der Waals surface area contributed by atoms with Crippen LogP contribution < -0.4 is 10.6 Å². The molecule has 0 radical (unpaired) electrons. The van der Waals surface area contributed by atoms with E-state index in [1.165, 1.54) is 11.1 Å². The Hall–Kier alpha value is -1.88. The first kappa shape index (κ1) is 16.0. The van der Waals surface area contributed by atoms with E-state index < -0.39 is 0 Å². The lowest BCUT2D eigenvalue weighted by atomic mass is 9.98. The third-order valence-electron chi connectivity index (χ3n) is 4.96. The number of benzene rings is 1. The van der Waals surface area contributed by atoms with E-state index in [4.69, 9.17) is 0 Å². The Morgan fingerprint density at radius 1 is 1.30 bits per heavy atom. The van der Waals surface area contributed by atoms with Gasteiger partial charge in [-0.15, -0.1) is 0 Å². The molecule has 0 aliphatic carbocycles. The molecule has 0 saturated carbocycles. The van der Waals surface area contributed by atoms with E-state index in [1.807, 2.05) is 26.0 Å². The number of aryl methyl sites for hydroxylation is 1. The van der Waals surface area contributed by atoms with Gasteiger partial charge >= 0.3 is 0 Å². The van der Waals surface area contributed by atoms with Crippen molar-refractivity contribution in [1.29, 1.82) is 0 Å². The van der Waals surface area contributed by atoms with E-state index >= 15 is 0 Å². The number of carbonyl (C=O) groups excluding carboxylic acids is 2. The lowest BCUT2D eigenvalue weighted by Gasteiger charge is -2.36. The first-order valence-corrected chi connectivity index (χ1v) is 8.36. The number of hydrogen-bond acceptors (Lipinski definition) is 3. The quantitative estimate of drug-likeness (QED) is 0.878. The van der Waals surface area contributed by atoms with E-state index in [-0.39, 0.29) is 35.9 Å². The first-order valence-electron chi connectivity index (χ1n) is 8.36. The maximum absolute atomic E-state index is 12.6. The Bertz CT molecular complexity index is 614. The molecule has 3 rings (SSSR count). The van der Waals surface area contributed by atoms with E-state index in [0.29, 0.717) is 13.0 Å². The lowest BCUT2D eigenvalue weighted by molar-refractivity contribution is -0.148. The molecule has 5 nitrogen and oxygen atoms in total. The van der Waals surface area contributed by atoms with Crippen LogP contribution in [-0.4, -0.2) is 41.4 Å². The predicted octanol–water partition coefficient (Wildman–Crippen LogP) is 1.21. The Balaban J connectivity index is 1.64. The lowest BCUT2D eigenvalue weighted by Crippen LogP contribution is -2.62. The second-order valence-electron chi connectivity index (χ2n) is 6.98. The summed E-state index contributed by atoms with van der Waals surface area (Å²) in [6, 6.07) is 7.74. The van der Waals surface area contributed by atoms with E-state index in [0.717, 1.165) is 6.54 Å². The van der Waals surface area contributed by atoms with Crippen molar-refractivity contribution in [3.63, 3.8) is 0 Å². The molecule has 2 fully saturated rings. The molecule has 2 amide bonds. The Morgan fingerprint density at radius 3 is 2.74 bits per heavy atom.